The Balaban J connectivity index is 4.39. The highest BCUT2D eigenvalue weighted by molar-refractivity contribution is 5.89. The molecule has 0 aromatic heterocycles. The van der Waals surface area contributed by atoms with Crippen LogP contribution in [0.3, 0.4) is 0 Å². The van der Waals surface area contributed by atoms with Crippen molar-refractivity contribution in [3.63, 3.8) is 0 Å². The number of hydrogen-bond acceptors (Lipinski definition) is 4. The number of amides is 2. The lowest BCUT2D eigenvalue weighted by atomic mass is 10.0. The number of nitrogens with one attached hydrogen (secondary N) is 1. The molecular weight excluding hydrogens is 226 g/mol. The number of aliphatic carboxylic acids is 1. The zero-order valence-corrected chi connectivity index (χ0v) is 9.97. The largest absolute Gasteiger partial charge is 0.480 e. The molecule has 0 aromatic carbocycles. The summed E-state index contributed by atoms with van der Waals surface area (Å²) in [7, 11) is 0. The van der Waals surface area contributed by atoms with Gasteiger partial charge in [0.25, 0.3) is 0 Å². The van der Waals surface area contributed by atoms with Gasteiger partial charge < -0.3 is 21.9 Å². The van der Waals surface area contributed by atoms with E-state index >= 15 is 0 Å². The Morgan fingerprint density at radius 1 is 1.29 bits per heavy atom. The maximum atomic E-state index is 11.5. The zero-order chi connectivity index (χ0) is 13.6. The molecule has 0 aromatic rings. The van der Waals surface area contributed by atoms with Crippen LogP contribution < -0.4 is 16.8 Å². The molecule has 0 heterocycles. The fraction of sp³-hybridized carbons (Fsp3) is 0.700. The van der Waals surface area contributed by atoms with Crippen LogP contribution in [0.5, 0.6) is 0 Å². The number of carboxylic acid groups (broad SMARTS) is 1. The summed E-state index contributed by atoms with van der Waals surface area (Å²) in [6.07, 6.45) is -0.00971. The monoisotopic (exact) mass is 245 g/mol. The quantitative estimate of drug-likeness (QED) is 0.447. The van der Waals surface area contributed by atoms with Crippen molar-refractivity contribution in [2.75, 3.05) is 0 Å². The van der Waals surface area contributed by atoms with Gasteiger partial charge in [-0.05, 0) is 12.3 Å². The first-order chi connectivity index (χ1) is 7.73. The molecule has 98 valence electrons. The first-order valence-corrected chi connectivity index (χ1v) is 5.31. The third-order valence-corrected chi connectivity index (χ3v) is 2.08. The summed E-state index contributed by atoms with van der Waals surface area (Å²) >= 11 is 0. The van der Waals surface area contributed by atoms with Crippen molar-refractivity contribution in [1.29, 1.82) is 0 Å². The van der Waals surface area contributed by atoms with Crippen LogP contribution in [0.25, 0.3) is 0 Å². The van der Waals surface area contributed by atoms with E-state index in [0.29, 0.717) is 6.42 Å². The molecular formula is C10H19N3O4. The number of primary amides is 1. The Hall–Kier alpha value is -1.63. The van der Waals surface area contributed by atoms with Gasteiger partial charge in [-0.2, -0.15) is 0 Å². The molecule has 0 radical (unpaired) electrons. The van der Waals surface area contributed by atoms with Crippen LogP contribution in [0.4, 0.5) is 0 Å². The maximum Gasteiger partial charge on any atom is 0.326 e. The molecule has 0 aliphatic carbocycles. The fourth-order valence-electron chi connectivity index (χ4n) is 1.29. The molecule has 2 amide bonds. The smallest absolute Gasteiger partial charge is 0.326 e. The van der Waals surface area contributed by atoms with E-state index in [9.17, 15) is 14.4 Å². The van der Waals surface area contributed by atoms with Crippen LogP contribution in [0.15, 0.2) is 0 Å². The number of carbonyl (C=O) groups is 3. The van der Waals surface area contributed by atoms with Gasteiger partial charge in [-0.25, -0.2) is 4.79 Å². The van der Waals surface area contributed by atoms with Gasteiger partial charge in [-0.1, -0.05) is 13.8 Å². The average Bonchev–Trinajstić information content (AvgIpc) is 2.14. The van der Waals surface area contributed by atoms with Gasteiger partial charge in [-0.3, -0.25) is 9.59 Å². The molecule has 0 saturated carbocycles. The van der Waals surface area contributed by atoms with Crippen LogP contribution >= 0.6 is 0 Å². The van der Waals surface area contributed by atoms with Crippen LogP contribution in [0.2, 0.25) is 0 Å². The molecule has 0 bridgehead atoms. The van der Waals surface area contributed by atoms with Gasteiger partial charge in [0.2, 0.25) is 11.8 Å². The zero-order valence-electron chi connectivity index (χ0n) is 9.97. The summed E-state index contributed by atoms with van der Waals surface area (Å²) in [6, 6.07) is -2.11. The summed E-state index contributed by atoms with van der Waals surface area (Å²) in [4.78, 5) is 32.9. The first-order valence-electron chi connectivity index (χ1n) is 5.31. The van der Waals surface area contributed by atoms with Crippen LogP contribution in [-0.2, 0) is 14.4 Å². The van der Waals surface area contributed by atoms with E-state index in [4.69, 9.17) is 16.6 Å². The highest BCUT2D eigenvalue weighted by Crippen LogP contribution is 2.03. The van der Waals surface area contributed by atoms with E-state index in [1.807, 2.05) is 13.8 Å². The van der Waals surface area contributed by atoms with Crippen LogP contribution in [-0.4, -0.2) is 35.0 Å². The number of carbonyl (C=O) groups excluding carboxylic acids is 2. The number of hydrogen-bond donors (Lipinski definition) is 4. The van der Waals surface area contributed by atoms with Crippen molar-refractivity contribution in [2.24, 2.45) is 17.4 Å². The van der Waals surface area contributed by atoms with E-state index in [1.54, 1.807) is 0 Å². The highest BCUT2D eigenvalue weighted by atomic mass is 16.4. The summed E-state index contributed by atoms with van der Waals surface area (Å²) in [5, 5.41) is 11.0. The lowest BCUT2D eigenvalue weighted by Gasteiger charge is -2.17. The van der Waals surface area contributed by atoms with Crippen molar-refractivity contribution in [3.8, 4) is 0 Å². The second-order valence-corrected chi connectivity index (χ2v) is 4.31. The second kappa shape index (κ2) is 6.85. The standard InChI is InChI=1S/C10H19N3O4/c1-5(2)3-6(11)9(15)13-7(10(16)17)4-8(12)14/h5-7H,3-4,11H2,1-2H3,(H2,12,14)(H,13,15)(H,16,17)/t6?,7-/m1/s1. The average molecular weight is 245 g/mol. The van der Waals surface area contributed by atoms with Gasteiger partial charge in [0.15, 0.2) is 0 Å². The van der Waals surface area contributed by atoms with Crippen molar-refractivity contribution >= 4 is 17.8 Å². The Morgan fingerprint density at radius 3 is 2.18 bits per heavy atom. The van der Waals surface area contributed by atoms with Crippen molar-refractivity contribution in [2.45, 2.75) is 38.8 Å². The van der Waals surface area contributed by atoms with E-state index in [2.05, 4.69) is 5.32 Å². The lowest BCUT2D eigenvalue weighted by molar-refractivity contribution is -0.143. The third kappa shape index (κ3) is 6.52. The third-order valence-electron chi connectivity index (χ3n) is 2.08. The Labute approximate surface area is 99.5 Å². The number of rotatable bonds is 7. The van der Waals surface area contributed by atoms with Gasteiger partial charge >= 0.3 is 5.97 Å². The van der Waals surface area contributed by atoms with Gasteiger partial charge in [-0.15, -0.1) is 0 Å². The Bertz CT molecular complexity index is 304. The minimum Gasteiger partial charge on any atom is -0.480 e. The summed E-state index contributed by atoms with van der Waals surface area (Å²) in [6.45, 7) is 3.79. The Morgan fingerprint density at radius 2 is 1.82 bits per heavy atom. The second-order valence-electron chi connectivity index (χ2n) is 4.31. The fourth-order valence-corrected chi connectivity index (χ4v) is 1.29. The molecule has 0 rings (SSSR count). The molecule has 0 spiro atoms. The van der Waals surface area contributed by atoms with Crippen LogP contribution in [0, 0.1) is 5.92 Å². The summed E-state index contributed by atoms with van der Waals surface area (Å²) in [5.74, 6) is -2.48. The molecule has 7 nitrogen and oxygen atoms in total. The minimum atomic E-state index is -1.32. The van der Waals surface area contributed by atoms with Crippen molar-refractivity contribution < 1.29 is 19.5 Å². The Kier molecular flexibility index (Phi) is 6.19. The molecule has 0 saturated heterocycles. The van der Waals surface area contributed by atoms with Crippen molar-refractivity contribution in [1.82, 2.24) is 5.32 Å². The van der Waals surface area contributed by atoms with E-state index in [0.717, 1.165) is 0 Å². The molecule has 2 atom stereocenters. The van der Waals surface area contributed by atoms with Gasteiger partial charge in [0.05, 0.1) is 12.5 Å². The normalized spacial score (nSPS) is 14.1. The minimum absolute atomic E-state index is 0.218. The van der Waals surface area contributed by atoms with Gasteiger partial charge in [0, 0.05) is 0 Å². The highest BCUT2D eigenvalue weighted by Gasteiger charge is 2.25. The van der Waals surface area contributed by atoms with Gasteiger partial charge in [0.1, 0.15) is 6.04 Å². The topological polar surface area (TPSA) is 136 Å². The molecule has 7 heteroatoms. The molecule has 0 aliphatic heterocycles. The van der Waals surface area contributed by atoms with Crippen LogP contribution in [0.1, 0.15) is 26.7 Å². The first kappa shape index (κ1) is 15.4. The SMILES string of the molecule is CC(C)CC(N)C(=O)N[C@H](CC(N)=O)C(=O)O. The molecule has 6 N–H and O–H groups in total. The van der Waals surface area contributed by atoms with E-state index < -0.39 is 36.3 Å². The lowest BCUT2D eigenvalue weighted by Crippen LogP contribution is -2.50. The van der Waals surface area contributed by atoms with E-state index in [-0.39, 0.29) is 5.92 Å². The predicted octanol–water partition coefficient (Wildman–Crippen LogP) is -1.20. The summed E-state index contributed by atoms with van der Waals surface area (Å²) in [5.41, 5.74) is 10.5. The molecule has 17 heavy (non-hydrogen) atoms. The van der Waals surface area contributed by atoms with Crippen molar-refractivity contribution in [3.05, 3.63) is 0 Å². The summed E-state index contributed by atoms with van der Waals surface area (Å²) < 4.78 is 0. The maximum absolute atomic E-state index is 11.5. The predicted molar refractivity (Wildman–Crippen MR) is 60.8 cm³/mol. The number of carboxylic acids is 1. The molecule has 0 fully saturated rings. The molecule has 0 aliphatic rings. The molecule has 1 unspecified atom stereocenters. The number of nitrogens with two attached hydrogens (primary N) is 2. The van der Waals surface area contributed by atoms with E-state index in [1.165, 1.54) is 0 Å².